The summed E-state index contributed by atoms with van der Waals surface area (Å²) in [6.45, 7) is 3.87. The molecule has 2 aromatic rings. The second kappa shape index (κ2) is 12.7. The Bertz CT molecular complexity index is 1840. The normalized spacial score (nSPS) is 31.9. The molecule has 3 aliphatic carbocycles. The molecule has 268 valence electrons. The van der Waals surface area contributed by atoms with E-state index in [1.165, 1.54) is 9.58 Å². The Balaban J connectivity index is 1.19. The van der Waals surface area contributed by atoms with Crippen LogP contribution in [-0.4, -0.2) is 93.3 Å². The van der Waals surface area contributed by atoms with Gasteiger partial charge in [0.15, 0.2) is 0 Å². The average Bonchev–Trinajstić information content (AvgIpc) is 4.02. The summed E-state index contributed by atoms with van der Waals surface area (Å²) in [6.07, 6.45) is 9.73. The fraction of sp³-hybridized carbons (Fsp3) is 0.588. The predicted octanol–water partition coefficient (Wildman–Crippen LogP) is 1.22. The van der Waals surface area contributed by atoms with E-state index in [1.807, 2.05) is 19.1 Å². The minimum atomic E-state index is -3.97. The number of ether oxygens (including phenoxy) is 2. The molecule has 1 unspecified atom stereocenters. The lowest BCUT2D eigenvalue weighted by molar-refractivity contribution is -0.141. The molecular weight excluding hydrogens is 666 g/mol. The van der Waals surface area contributed by atoms with Crippen LogP contribution in [0.4, 0.5) is 0 Å². The summed E-state index contributed by atoms with van der Waals surface area (Å²) in [5.41, 5.74) is -1.32. The van der Waals surface area contributed by atoms with Gasteiger partial charge in [0.05, 0.1) is 17.9 Å². The highest BCUT2D eigenvalue weighted by atomic mass is 32.2. The van der Waals surface area contributed by atoms with Crippen molar-refractivity contribution >= 4 is 33.7 Å². The second-order valence-electron chi connectivity index (χ2n) is 14.4. The van der Waals surface area contributed by atoms with E-state index >= 15 is 0 Å². The Kier molecular flexibility index (Phi) is 8.63. The molecule has 7 rings (SSSR count). The molecule has 3 N–H and O–H groups in total. The maximum atomic E-state index is 14.5. The molecule has 3 saturated carbocycles. The monoisotopic (exact) mass is 709 g/mol. The molecule has 7 atom stereocenters. The molecule has 4 fully saturated rings. The van der Waals surface area contributed by atoms with Crippen LogP contribution in [0.2, 0.25) is 0 Å². The zero-order valence-corrected chi connectivity index (χ0v) is 29.1. The molecule has 50 heavy (non-hydrogen) atoms. The molecule has 2 aliphatic heterocycles. The molecular formula is C34H43N7O8S. The van der Waals surface area contributed by atoms with Gasteiger partial charge in [0.25, 0.3) is 11.8 Å². The van der Waals surface area contributed by atoms with Gasteiger partial charge in [0.2, 0.25) is 27.7 Å². The first kappa shape index (κ1) is 34.0. The number of hydrogen-bond acceptors (Lipinski definition) is 10. The highest BCUT2D eigenvalue weighted by Gasteiger charge is 2.63. The van der Waals surface area contributed by atoms with Crippen LogP contribution < -0.4 is 24.8 Å². The van der Waals surface area contributed by atoms with E-state index in [2.05, 4.69) is 25.4 Å². The van der Waals surface area contributed by atoms with E-state index in [4.69, 9.17) is 9.47 Å². The fourth-order valence-electron chi connectivity index (χ4n) is 7.19. The van der Waals surface area contributed by atoms with Crippen molar-refractivity contribution < 1.29 is 37.1 Å². The molecule has 5 aliphatic rings. The first-order valence-corrected chi connectivity index (χ1v) is 18.7. The van der Waals surface area contributed by atoms with E-state index in [0.717, 1.165) is 12.8 Å². The van der Waals surface area contributed by atoms with Crippen LogP contribution in [0.15, 0.2) is 42.7 Å². The summed E-state index contributed by atoms with van der Waals surface area (Å²) >= 11 is 0. The molecule has 0 radical (unpaired) electrons. The Morgan fingerprint density at radius 1 is 1.18 bits per heavy atom. The fourth-order valence-corrected chi connectivity index (χ4v) is 8.50. The van der Waals surface area contributed by atoms with Crippen molar-refractivity contribution in [1.29, 1.82) is 0 Å². The highest BCUT2D eigenvalue weighted by molar-refractivity contribution is 7.91. The molecule has 2 aromatic heterocycles. The van der Waals surface area contributed by atoms with Gasteiger partial charge >= 0.3 is 0 Å². The number of nitrogens with one attached hydrogen (secondary N) is 3. The third-order valence-corrected chi connectivity index (χ3v) is 12.9. The zero-order chi connectivity index (χ0) is 35.4. The van der Waals surface area contributed by atoms with E-state index in [0.29, 0.717) is 37.5 Å². The van der Waals surface area contributed by atoms with Crippen molar-refractivity contribution in [3.05, 3.63) is 48.4 Å². The van der Waals surface area contributed by atoms with Crippen LogP contribution in [0.25, 0.3) is 0 Å². The molecule has 15 nitrogen and oxygen atoms in total. The molecule has 0 bridgehead atoms. The van der Waals surface area contributed by atoms with Crippen LogP contribution >= 0.6 is 0 Å². The number of amides is 4. The SMILES string of the molecule is CCOc1cc(O[C@@H]2C[C@H]3C(=O)N[C@]4(C(=O)NS(=O)(=O)C5(C)CC5)C[C@H]4/C=C\CC[C@@H]4CC4[C@H](NC(=O)c4ccn(C)n4)C(=O)N3C2)ccn1. The number of allylic oxidation sites excluding steroid dienone is 1. The standard InChI is InChI=1S/C34H43N7O8S/c1-4-48-27-17-22(9-13-35-27)49-23-16-26-30(43)37-34(32(45)39-50(46,47)33(2)11-12-33)18-21(34)8-6-5-7-20-15-24(20)28(31(44)41(26)19-23)36-29(42)25-10-14-40(3)38-25/h6,8-10,13-14,17,20-21,23-24,26,28H,4-5,7,11-12,15-16,18-19H2,1-3H3,(H,36,42)(H,37,43)(H,39,45)/b8-6-/t20-,21-,23-,24?,26+,28+,34-/m1/s1. The first-order valence-electron chi connectivity index (χ1n) is 17.2. The number of carbonyl (C=O) groups excluding carboxylic acids is 4. The number of hydrogen-bond donors (Lipinski definition) is 3. The van der Waals surface area contributed by atoms with Crippen molar-refractivity contribution in [3.8, 4) is 11.6 Å². The number of fused-ring (bicyclic) bond motifs is 3. The number of pyridine rings is 1. The van der Waals surface area contributed by atoms with Gasteiger partial charge in [-0.25, -0.2) is 13.4 Å². The van der Waals surface area contributed by atoms with E-state index in [9.17, 15) is 27.6 Å². The summed E-state index contributed by atoms with van der Waals surface area (Å²) < 4.78 is 40.6. The Labute approximate surface area is 290 Å². The number of rotatable bonds is 9. The molecule has 0 aromatic carbocycles. The largest absolute Gasteiger partial charge is 0.488 e. The van der Waals surface area contributed by atoms with Gasteiger partial charge in [-0.3, -0.25) is 28.6 Å². The van der Waals surface area contributed by atoms with Crippen LogP contribution in [0.3, 0.4) is 0 Å². The Morgan fingerprint density at radius 2 is 1.98 bits per heavy atom. The minimum absolute atomic E-state index is 0.0335. The van der Waals surface area contributed by atoms with E-state index in [-0.39, 0.29) is 36.9 Å². The average molecular weight is 710 g/mol. The van der Waals surface area contributed by atoms with Gasteiger partial charge < -0.3 is 25.0 Å². The van der Waals surface area contributed by atoms with Crippen molar-refractivity contribution in [2.75, 3.05) is 13.2 Å². The lowest BCUT2D eigenvalue weighted by Gasteiger charge is -2.30. The summed E-state index contributed by atoms with van der Waals surface area (Å²) in [5, 5.41) is 9.99. The smallest absolute Gasteiger partial charge is 0.272 e. The van der Waals surface area contributed by atoms with Crippen LogP contribution in [-0.2, 0) is 31.5 Å². The Hall–Kier alpha value is -4.47. The Morgan fingerprint density at radius 3 is 2.70 bits per heavy atom. The number of carbonyl (C=O) groups is 4. The summed E-state index contributed by atoms with van der Waals surface area (Å²) in [6, 6.07) is 2.87. The summed E-state index contributed by atoms with van der Waals surface area (Å²) in [4.78, 5) is 61.5. The quantitative estimate of drug-likeness (QED) is 0.319. The van der Waals surface area contributed by atoms with Crippen molar-refractivity contribution in [2.24, 2.45) is 24.8 Å². The van der Waals surface area contributed by atoms with Crippen LogP contribution in [0, 0.1) is 17.8 Å². The second-order valence-corrected chi connectivity index (χ2v) is 16.6. The molecule has 4 amide bonds. The zero-order valence-electron chi connectivity index (χ0n) is 28.3. The highest BCUT2D eigenvalue weighted by Crippen LogP contribution is 2.49. The summed E-state index contributed by atoms with van der Waals surface area (Å²) in [5.74, 6) is -1.89. The molecule has 16 heteroatoms. The van der Waals surface area contributed by atoms with Gasteiger partial charge in [0, 0.05) is 37.8 Å². The topological polar surface area (TPSA) is 191 Å². The van der Waals surface area contributed by atoms with Gasteiger partial charge in [0.1, 0.15) is 35.2 Å². The maximum Gasteiger partial charge on any atom is 0.272 e. The van der Waals surface area contributed by atoms with Crippen molar-refractivity contribution in [1.82, 2.24) is 35.0 Å². The number of aromatic nitrogens is 3. The van der Waals surface area contributed by atoms with Crippen LogP contribution in [0.1, 0.15) is 69.3 Å². The third kappa shape index (κ3) is 6.56. The molecule has 0 spiro atoms. The lowest BCUT2D eigenvalue weighted by atomic mass is 10.0. The van der Waals surface area contributed by atoms with Gasteiger partial charge in [-0.2, -0.15) is 5.10 Å². The first-order chi connectivity index (χ1) is 23.8. The summed E-state index contributed by atoms with van der Waals surface area (Å²) in [7, 11) is -2.27. The van der Waals surface area contributed by atoms with Gasteiger partial charge in [-0.1, -0.05) is 12.2 Å². The van der Waals surface area contributed by atoms with Gasteiger partial charge in [-0.15, -0.1) is 0 Å². The van der Waals surface area contributed by atoms with Gasteiger partial charge in [-0.05, 0) is 76.3 Å². The van der Waals surface area contributed by atoms with Crippen molar-refractivity contribution in [2.45, 2.75) is 87.3 Å². The lowest BCUT2D eigenvalue weighted by Crippen LogP contribution is -2.59. The minimum Gasteiger partial charge on any atom is -0.488 e. The molecule has 4 heterocycles. The van der Waals surface area contributed by atoms with E-state index < -0.39 is 68.0 Å². The number of aryl methyl sites for hydroxylation is 1. The number of sulfonamides is 1. The third-order valence-electron chi connectivity index (χ3n) is 10.7. The van der Waals surface area contributed by atoms with Crippen molar-refractivity contribution in [3.63, 3.8) is 0 Å². The molecule has 1 saturated heterocycles. The maximum absolute atomic E-state index is 14.5. The predicted molar refractivity (Wildman–Crippen MR) is 178 cm³/mol. The van der Waals surface area contributed by atoms with Crippen LogP contribution in [0.5, 0.6) is 11.6 Å². The van der Waals surface area contributed by atoms with E-state index in [1.54, 1.807) is 44.6 Å². The number of nitrogens with zero attached hydrogens (tertiary/aromatic N) is 4.